The number of hydrogen-bond acceptors (Lipinski definition) is 4. The van der Waals surface area contributed by atoms with Crippen LogP contribution in [0.2, 0.25) is 0 Å². The van der Waals surface area contributed by atoms with Crippen LogP contribution in [0, 0.1) is 0 Å². The Hall–Kier alpha value is -2.27. The first kappa shape index (κ1) is 12.7. The van der Waals surface area contributed by atoms with Gasteiger partial charge in [-0.15, -0.1) is 0 Å². The smallest absolute Gasteiger partial charge is 0.0890 e. The van der Waals surface area contributed by atoms with Crippen molar-refractivity contribution < 1.29 is 5.11 Å². The lowest BCUT2D eigenvalue weighted by atomic mass is 10.0. The third-order valence-electron chi connectivity index (χ3n) is 3.34. The highest BCUT2D eigenvalue weighted by molar-refractivity contribution is 5.74. The van der Waals surface area contributed by atoms with Crippen LogP contribution >= 0.6 is 0 Å². The Morgan fingerprint density at radius 1 is 1.20 bits per heavy atom. The van der Waals surface area contributed by atoms with Crippen molar-refractivity contribution in [3.8, 4) is 0 Å². The molecule has 2 aromatic heterocycles. The maximum Gasteiger partial charge on any atom is 0.0890 e. The number of fused-ring (bicyclic) bond motifs is 1. The summed E-state index contributed by atoms with van der Waals surface area (Å²) >= 11 is 0. The molecule has 1 N–H and O–H groups in total. The van der Waals surface area contributed by atoms with Gasteiger partial charge in [-0.05, 0) is 36.1 Å². The molecule has 102 valence electrons. The van der Waals surface area contributed by atoms with E-state index >= 15 is 0 Å². The van der Waals surface area contributed by atoms with E-state index in [1.54, 1.807) is 17.1 Å². The second-order valence-electron chi connectivity index (χ2n) is 4.88. The molecular weight excluding hydrogens is 252 g/mol. The van der Waals surface area contributed by atoms with Crippen LogP contribution in [0.4, 0.5) is 0 Å². The second-order valence-corrected chi connectivity index (χ2v) is 4.88. The van der Waals surface area contributed by atoms with Gasteiger partial charge >= 0.3 is 0 Å². The highest BCUT2D eigenvalue weighted by Crippen LogP contribution is 2.21. The fourth-order valence-corrected chi connectivity index (χ4v) is 2.26. The number of hydrogen-bond donors (Lipinski definition) is 1. The molecule has 0 saturated carbocycles. The van der Waals surface area contributed by atoms with Crippen LogP contribution in [0.15, 0.2) is 43.0 Å². The molecule has 1 aromatic carbocycles. The Bertz CT molecular complexity index is 722. The summed E-state index contributed by atoms with van der Waals surface area (Å²) in [5, 5.41) is 14.4. The Labute approximate surface area is 116 Å². The van der Waals surface area contributed by atoms with Crippen molar-refractivity contribution in [3.63, 3.8) is 0 Å². The Morgan fingerprint density at radius 3 is 2.75 bits per heavy atom. The molecule has 0 spiro atoms. The highest BCUT2D eigenvalue weighted by atomic mass is 16.3. The van der Waals surface area contributed by atoms with Crippen LogP contribution < -0.4 is 0 Å². The Morgan fingerprint density at radius 2 is 2.00 bits per heavy atom. The van der Waals surface area contributed by atoms with Crippen LogP contribution in [0.5, 0.6) is 0 Å². The van der Waals surface area contributed by atoms with E-state index in [0.29, 0.717) is 6.42 Å². The molecule has 3 aromatic rings. The van der Waals surface area contributed by atoms with Crippen LogP contribution in [-0.4, -0.2) is 24.9 Å². The molecule has 20 heavy (non-hydrogen) atoms. The van der Waals surface area contributed by atoms with Gasteiger partial charge in [0.2, 0.25) is 0 Å². The molecule has 0 radical (unpaired) electrons. The summed E-state index contributed by atoms with van der Waals surface area (Å²) < 4.78 is 1.77. The molecule has 1 atom stereocenters. The first-order chi connectivity index (χ1) is 9.72. The topological polar surface area (TPSA) is 63.8 Å². The highest BCUT2D eigenvalue weighted by Gasteiger charge is 2.09. The largest absolute Gasteiger partial charge is 0.388 e. The first-order valence-electron chi connectivity index (χ1n) is 6.58. The third-order valence-corrected chi connectivity index (χ3v) is 3.34. The number of aliphatic hydroxyl groups excluding tert-OH is 1. The van der Waals surface area contributed by atoms with Crippen molar-refractivity contribution >= 4 is 11.0 Å². The van der Waals surface area contributed by atoms with Gasteiger partial charge in [-0.1, -0.05) is 6.07 Å². The molecule has 1 unspecified atom stereocenters. The third kappa shape index (κ3) is 2.67. The predicted octanol–water partition coefficient (Wildman–Crippen LogP) is 2.03. The molecule has 0 aliphatic carbocycles. The maximum absolute atomic E-state index is 10.3. The number of rotatable bonds is 4. The summed E-state index contributed by atoms with van der Waals surface area (Å²) in [5.41, 5.74) is 3.66. The second kappa shape index (κ2) is 5.38. The summed E-state index contributed by atoms with van der Waals surface area (Å²) in [4.78, 5) is 8.48. The molecule has 0 amide bonds. The molecule has 0 saturated heterocycles. The summed E-state index contributed by atoms with van der Waals surface area (Å²) in [6.45, 7) is 0. The molecular formula is C15H16N4O. The SMILES string of the molecule is Cn1cc(CCC(O)c2ccc3nccnc3c2)cn1. The lowest BCUT2D eigenvalue weighted by Gasteiger charge is -2.10. The summed E-state index contributed by atoms with van der Waals surface area (Å²) in [6.07, 6.45) is 8.10. The van der Waals surface area contributed by atoms with Crippen molar-refractivity contribution in [1.82, 2.24) is 19.7 Å². The van der Waals surface area contributed by atoms with E-state index in [9.17, 15) is 5.11 Å². The minimum atomic E-state index is -0.499. The predicted molar refractivity (Wildman–Crippen MR) is 76.0 cm³/mol. The van der Waals surface area contributed by atoms with Crippen LogP contribution in [0.3, 0.4) is 0 Å². The van der Waals surface area contributed by atoms with E-state index in [2.05, 4.69) is 15.1 Å². The maximum atomic E-state index is 10.3. The number of aryl methyl sites for hydroxylation is 2. The Balaban J connectivity index is 1.73. The molecule has 0 bridgehead atoms. The molecule has 5 nitrogen and oxygen atoms in total. The van der Waals surface area contributed by atoms with Gasteiger partial charge in [-0.25, -0.2) is 0 Å². The zero-order valence-corrected chi connectivity index (χ0v) is 11.3. The minimum absolute atomic E-state index is 0.499. The monoisotopic (exact) mass is 268 g/mol. The van der Waals surface area contributed by atoms with Gasteiger partial charge in [0.1, 0.15) is 0 Å². The van der Waals surface area contributed by atoms with Crippen molar-refractivity contribution in [2.24, 2.45) is 7.05 Å². The van der Waals surface area contributed by atoms with Crippen LogP contribution in [0.1, 0.15) is 23.7 Å². The van der Waals surface area contributed by atoms with Crippen LogP contribution in [-0.2, 0) is 13.5 Å². The zero-order chi connectivity index (χ0) is 13.9. The molecule has 0 fully saturated rings. The van der Waals surface area contributed by atoms with Crippen molar-refractivity contribution in [2.75, 3.05) is 0 Å². The van der Waals surface area contributed by atoms with Crippen molar-refractivity contribution in [3.05, 3.63) is 54.1 Å². The zero-order valence-electron chi connectivity index (χ0n) is 11.3. The lowest BCUT2D eigenvalue weighted by Crippen LogP contribution is -2.00. The number of benzene rings is 1. The van der Waals surface area contributed by atoms with Gasteiger partial charge in [-0.3, -0.25) is 14.6 Å². The molecule has 3 rings (SSSR count). The fraction of sp³-hybridized carbons (Fsp3) is 0.267. The number of nitrogens with zero attached hydrogens (tertiary/aromatic N) is 4. The van der Waals surface area contributed by atoms with Gasteiger partial charge in [0, 0.05) is 25.6 Å². The van der Waals surface area contributed by atoms with Gasteiger partial charge in [-0.2, -0.15) is 5.10 Å². The quantitative estimate of drug-likeness (QED) is 0.786. The van der Waals surface area contributed by atoms with E-state index in [1.807, 2.05) is 37.6 Å². The van der Waals surface area contributed by atoms with E-state index in [0.717, 1.165) is 28.6 Å². The average molecular weight is 268 g/mol. The first-order valence-corrected chi connectivity index (χ1v) is 6.58. The lowest BCUT2D eigenvalue weighted by molar-refractivity contribution is 0.168. The molecule has 0 aliphatic heterocycles. The van der Waals surface area contributed by atoms with E-state index in [1.165, 1.54) is 0 Å². The average Bonchev–Trinajstić information content (AvgIpc) is 2.90. The molecule has 0 aliphatic rings. The molecule has 5 heteroatoms. The van der Waals surface area contributed by atoms with Gasteiger partial charge in [0.05, 0.1) is 23.3 Å². The molecule has 2 heterocycles. The summed E-state index contributed by atoms with van der Waals surface area (Å²) in [6, 6.07) is 5.70. The van der Waals surface area contributed by atoms with Gasteiger partial charge in [0.15, 0.2) is 0 Å². The fourth-order valence-electron chi connectivity index (χ4n) is 2.26. The van der Waals surface area contributed by atoms with Crippen molar-refractivity contribution in [2.45, 2.75) is 18.9 Å². The standard InChI is InChI=1S/C15H16N4O/c1-19-10-11(9-18-19)2-5-15(20)12-3-4-13-14(8-12)17-7-6-16-13/h3-4,6-10,15,20H,2,5H2,1H3. The summed E-state index contributed by atoms with van der Waals surface area (Å²) in [5.74, 6) is 0. The van der Waals surface area contributed by atoms with Gasteiger partial charge < -0.3 is 5.11 Å². The number of aromatic nitrogens is 4. The number of aliphatic hydroxyl groups is 1. The minimum Gasteiger partial charge on any atom is -0.388 e. The van der Waals surface area contributed by atoms with Crippen molar-refractivity contribution in [1.29, 1.82) is 0 Å². The van der Waals surface area contributed by atoms with E-state index in [4.69, 9.17) is 0 Å². The normalized spacial score (nSPS) is 12.7. The van der Waals surface area contributed by atoms with Gasteiger partial charge in [0.25, 0.3) is 0 Å². The Kier molecular flexibility index (Phi) is 3.43. The summed E-state index contributed by atoms with van der Waals surface area (Å²) in [7, 11) is 1.89. The van der Waals surface area contributed by atoms with E-state index in [-0.39, 0.29) is 0 Å². The van der Waals surface area contributed by atoms with Crippen LogP contribution in [0.25, 0.3) is 11.0 Å². The van der Waals surface area contributed by atoms with E-state index < -0.39 is 6.10 Å².